The largest absolute Gasteiger partial charge is 0.416 e. The summed E-state index contributed by atoms with van der Waals surface area (Å²) in [5.41, 5.74) is 1.52. The second-order valence-corrected chi connectivity index (χ2v) is 7.14. The molecule has 1 saturated heterocycles. The zero-order chi connectivity index (χ0) is 21.1. The number of nitrogens with zero attached hydrogens (tertiary/aromatic N) is 3. The smallest absolute Gasteiger partial charge is 0.378 e. The topological polar surface area (TPSA) is 63.4 Å². The van der Waals surface area contributed by atoms with Crippen molar-refractivity contribution in [3.05, 3.63) is 58.9 Å². The number of hydrogen-bond acceptors (Lipinski definition) is 6. The second kappa shape index (κ2) is 8.53. The van der Waals surface area contributed by atoms with Crippen LogP contribution in [0.5, 0.6) is 0 Å². The Bertz CT molecular complexity index is 1000. The summed E-state index contributed by atoms with van der Waals surface area (Å²) >= 11 is 6.15. The summed E-state index contributed by atoms with van der Waals surface area (Å²) in [5.74, 6) is 0.526. The summed E-state index contributed by atoms with van der Waals surface area (Å²) in [5, 5.41) is 7.70. The van der Waals surface area contributed by atoms with Crippen molar-refractivity contribution in [1.29, 1.82) is 0 Å². The monoisotopic (exact) mass is 438 g/mol. The SMILES string of the molecule is FC(F)(F)c1ccc(-c2noc(CNc3cc(Cl)ccc3N3CCOCC3)n2)cc1. The summed E-state index contributed by atoms with van der Waals surface area (Å²) in [6.45, 7) is 3.10. The molecule has 6 nitrogen and oxygen atoms in total. The van der Waals surface area contributed by atoms with Gasteiger partial charge in [-0.2, -0.15) is 18.2 Å². The first-order valence-electron chi connectivity index (χ1n) is 9.26. The maximum atomic E-state index is 12.7. The molecule has 1 N–H and O–H groups in total. The van der Waals surface area contributed by atoms with E-state index >= 15 is 0 Å². The molecule has 3 aromatic rings. The van der Waals surface area contributed by atoms with E-state index in [-0.39, 0.29) is 12.4 Å². The Hall–Kier alpha value is -2.78. The molecule has 1 aliphatic rings. The Balaban J connectivity index is 1.47. The van der Waals surface area contributed by atoms with E-state index in [1.807, 2.05) is 18.2 Å². The van der Waals surface area contributed by atoms with Gasteiger partial charge in [-0.3, -0.25) is 0 Å². The van der Waals surface area contributed by atoms with Crippen LogP contribution >= 0.6 is 11.6 Å². The van der Waals surface area contributed by atoms with Gasteiger partial charge < -0.3 is 19.5 Å². The van der Waals surface area contributed by atoms with Crippen molar-refractivity contribution >= 4 is 23.0 Å². The maximum absolute atomic E-state index is 12.7. The van der Waals surface area contributed by atoms with Crippen molar-refractivity contribution in [2.24, 2.45) is 0 Å². The zero-order valence-electron chi connectivity index (χ0n) is 15.7. The Morgan fingerprint density at radius 3 is 2.50 bits per heavy atom. The summed E-state index contributed by atoms with van der Waals surface area (Å²) in [6.07, 6.45) is -4.39. The van der Waals surface area contributed by atoms with Gasteiger partial charge >= 0.3 is 6.18 Å². The van der Waals surface area contributed by atoms with Crippen molar-refractivity contribution in [3.8, 4) is 11.4 Å². The lowest BCUT2D eigenvalue weighted by atomic mass is 10.1. The van der Waals surface area contributed by atoms with Gasteiger partial charge in [0.25, 0.3) is 0 Å². The number of alkyl halides is 3. The molecule has 0 unspecified atom stereocenters. The van der Waals surface area contributed by atoms with Gasteiger partial charge in [-0.05, 0) is 30.3 Å². The Morgan fingerprint density at radius 2 is 1.80 bits per heavy atom. The van der Waals surface area contributed by atoms with Crippen LogP contribution in [0.15, 0.2) is 47.0 Å². The first-order valence-corrected chi connectivity index (χ1v) is 9.64. The molecule has 30 heavy (non-hydrogen) atoms. The van der Waals surface area contributed by atoms with Crippen molar-refractivity contribution in [1.82, 2.24) is 10.1 Å². The summed E-state index contributed by atoms with van der Waals surface area (Å²) < 4.78 is 48.8. The van der Waals surface area contributed by atoms with E-state index in [9.17, 15) is 13.2 Å². The van der Waals surface area contributed by atoms with Gasteiger partial charge in [0.05, 0.1) is 36.7 Å². The summed E-state index contributed by atoms with van der Waals surface area (Å²) in [4.78, 5) is 6.46. The number of benzene rings is 2. The van der Waals surface area contributed by atoms with Gasteiger partial charge in [-0.1, -0.05) is 28.9 Å². The fourth-order valence-corrected chi connectivity index (χ4v) is 3.33. The van der Waals surface area contributed by atoms with Crippen molar-refractivity contribution in [2.75, 3.05) is 36.5 Å². The van der Waals surface area contributed by atoms with E-state index in [0.717, 1.165) is 36.6 Å². The van der Waals surface area contributed by atoms with E-state index in [4.69, 9.17) is 20.9 Å². The number of halogens is 4. The van der Waals surface area contributed by atoms with Gasteiger partial charge in [0.2, 0.25) is 11.7 Å². The van der Waals surface area contributed by atoms with Crippen molar-refractivity contribution in [2.45, 2.75) is 12.7 Å². The van der Waals surface area contributed by atoms with E-state index in [1.54, 1.807) is 0 Å². The number of hydrogen-bond donors (Lipinski definition) is 1. The third-order valence-electron chi connectivity index (χ3n) is 4.68. The molecule has 2 heterocycles. The molecule has 0 saturated carbocycles. The van der Waals surface area contributed by atoms with Crippen LogP contribution in [0.25, 0.3) is 11.4 Å². The lowest BCUT2D eigenvalue weighted by molar-refractivity contribution is -0.137. The minimum absolute atomic E-state index is 0.222. The van der Waals surface area contributed by atoms with Crippen LogP contribution in [-0.4, -0.2) is 36.4 Å². The van der Waals surface area contributed by atoms with E-state index in [0.29, 0.717) is 29.7 Å². The van der Waals surface area contributed by atoms with E-state index < -0.39 is 11.7 Å². The predicted molar refractivity (Wildman–Crippen MR) is 107 cm³/mol. The van der Waals surface area contributed by atoms with E-state index in [2.05, 4.69) is 20.4 Å². The Morgan fingerprint density at radius 1 is 1.07 bits per heavy atom. The molecule has 1 fully saturated rings. The average molecular weight is 439 g/mol. The highest BCUT2D eigenvalue weighted by Gasteiger charge is 2.30. The fraction of sp³-hybridized carbons (Fsp3) is 0.300. The van der Waals surface area contributed by atoms with Crippen LogP contribution in [0.1, 0.15) is 11.5 Å². The molecular formula is C20H18ClF3N4O2. The van der Waals surface area contributed by atoms with Gasteiger partial charge in [-0.25, -0.2) is 0 Å². The van der Waals surface area contributed by atoms with Crippen molar-refractivity contribution < 1.29 is 22.4 Å². The molecule has 158 valence electrons. The first kappa shape index (κ1) is 20.5. The van der Waals surface area contributed by atoms with Crippen molar-refractivity contribution in [3.63, 3.8) is 0 Å². The number of rotatable bonds is 5. The molecule has 0 atom stereocenters. The molecule has 4 rings (SSSR count). The third kappa shape index (κ3) is 4.68. The van der Waals surface area contributed by atoms with Crippen LogP contribution in [0, 0.1) is 0 Å². The predicted octanol–water partition coefficient (Wildman–Crippen LogP) is 4.86. The highest BCUT2D eigenvalue weighted by Crippen LogP contribution is 2.31. The average Bonchev–Trinajstić information content (AvgIpc) is 3.21. The van der Waals surface area contributed by atoms with Crippen LogP contribution in [0.3, 0.4) is 0 Å². The van der Waals surface area contributed by atoms with Gasteiger partial charge in [0.1, 0.15) is 0 Å². The number of nitrogens with one attached hydrogen (secondary N) is 1. The maximum Gasteiger partial charge on any atom is 0.416 e. The Labute approximate surface area is 175 Å². The molecule has 0 bridgehead atoms. The van der Waals surface area contributed by atoms with Gasteiger partial charge in [0.15, 0.2) is 0 Å². The third-order valence-corrected chi connectivity index (χ3v) is 4.91. The second-order valence-electron chi connectivity index (χ2n) is 6.70. The zero-order valence-corrected chi connectivity index (χ0v) is 16.5. The van der Waals surface area contributed by atoms with Crippen LogP contribution < -0.4 is 10.2 Å². The number of aromatic nitrogens is 2. The number of ether oxygens (including phenoxy) is 1. The lowest BCUT2D eigenvalue weighted by Gasteiger charge is -2.30. The number of anilines is 2. The Kier molecular flexibility index (Phi) is 5.83. The molecule has 1 aromatic heterocycles. The molecule has 0 amide bonds. The highest BCUT2D eigenvalue weighted by molar-refractivity contribution is 6.31. The minimum atomic E-state index is -4.39. The molecule has 1 aliphatic heterocycles. The lowest BCUT2D eigenvalue weighted by Crippen LogP contribution is -2.36. The molecule has 2 aromatic carbocycles. The minimum Gasteiger partial charge on any atom is -0.378 e. The normalized spacial score (nSPS) is 14.7. The molecule has 0 radical (unpaired) electrons. The van der Waals surface area contributed by atoms with Crippen LogP contribution in [0.4, 0.5) is 24.5 Å². The molecule has 0 aliphatic carbocycles. The first-order chi connectivity index (χ1) is 14.4. The van der Waals surface area contributed by atoms with Crippen LogP contribution in [0.2, 0.25) is 5.02 Å². The van der Waals surface area contributed by atoms with Gasteiger partial charge in [-0.15, -0.1) is 0 Å². The standard InChI is InChI=1S/C20H18ClF3N4O2/c21-15-5-6-17(28-7-9-29-10-8-28)16(11-15)25-12-18-26-19(27-30-18)13-1-3-14(4-2-13)20(22,23)24/h1-6,11,25H,7-10,12H2. The van der Waals surface area contributed by atoms with Crippen LogP contribution in [-0.2, 0) is 17.5 Å². The molecular weight excluding hydrogens is 421 g/mol. The fourth-order valence-electron chi connectivity index (χ4n) is 3.15. The highest BCUT2D eigenvalue weighted by atomic mass is 35.5. The molecule has 0 spiro atoms. The van der Waals surface area contributed by atoms with E-state index in [1.165, 1.54) is 12.1 Å². The van der Waals surface area contributed by atoms with Gasteiger partial charge in [0, 0.05) is 23.7 Å². The number of morpholine rings is 1. The quantitative estimate of drug-likeness (QED) is 0.614. The summed E-state index contributed by atoms with van der Waals surface area (Å²) in [6, 6.07) is 10.2. The summed E-state index contributed by atoms with van der Waals surface area (Å²) in [7, 11) is 0. The molecule has 10 heteroatoms.